The average molecular weight is 374 g/mol. The highest BCUT2D eigenvalue weighted by molar-refractivity contribution is 7.15. The van der Waals surface area contributed by atoms with E-state index < -0.39 is 0 Å². The van der Waals surface area contributed by atoms with Gasteiger partial charge in [0.1, 0.15) is 11.4 Å². The number of rotatable bonds is 5. The monoisotopic (exact) mass is 374 g/mol. The zero-order valence-electron chi connectivity index (χ0n) is 13.4. The van der Waals surface area contributed by atoms with Gasteiger partial charge in [-0.3, -0.25) is 20.2 Å². The maximum atomic E-state index is 12.2. The van der Waals surface area contributed by atoms with Gasteiger partial charge in [0, 0.05) is 22.0 Å². The minimum atomic E-state index is -0.365. The predicted molar refractivity (Wildman–Crippen MR) is 97.9 cm³/mol. The maximum absolute atomic E-state index is 12.2. The lowest BCUT2D eigenvalue weighted by molar-refractivity contribution is 0.101. The second-order valence-corrected chi connectivity index (χ2v) is 7.04. The van der Waals surface area contributed by atoms with Crippen LogP contribution in [0.2, 0.25) is 0 Å². The summed E-state index contributed by atoms with van der Waals surface area (Å²) < 4.78 is 5.06. The first-order valence-electron chi connectivity index (χ1n) is 7.20. The van der Waals surface area contributed by atoms with E-state index in [1.807, 2.05) is 6.92 Å². The standard InChI is InChI=1S/C16H14N4O3S2/c1-9-7-17-15(25-9)20-14(22)12-8-24-16(18-12)19-13(21)10-3-5-11(23-2)6-4-10/h3-8H,1-2H3,(H,17,20,22)(H,18,19,21). The normalized spacial score (nSPS) is 10.3. The van der Waals surface area contributed by atoms with Crippen molar-refractivity contribution in [3.05, 3.63) is 52.0 Å². The minimum absolute atomic E-state index is 0.225. The third-order valence-corrected chi connectivity index (χ3v) is 4.74. The van der Waals surface area contributed by atoms with Crippen molar-refractivity contribution >= 4 is 44.8 Å². The number of nitrogens with one attached hydrogen (secondary N) is 2. The number of aryl methyl sites for hydroxylation is 1. The van der Waals surface area contributed by atoms with Crippen LogP contribution in [0.5, 0.6) is 5.75 Å². The van der Waals surface area contributed by atoms with E-state index in [1.165, 1.54) is 22.7 Å². The summed E-state index contributed by atoms with van der Waals surface area (Å²) >= 11 is 2.56. The molecular formula is C16H14N4O3S2. The highest BCUT2D eigenvalue weighted by Gasteiger charge is 2.14. The van der Waals surface area contributed by atoms with E-state index in [-0.39, 0.29) is 17.5 Å². The molecule has 0 aliphatic rings. The maximum Gasteiger partial charge on any atom is 0.276 e. The molecule has 0 aliphatic heterocycles. The van der Waals surface area contributed by atoms with Crippen LogP contribution in [0, 0.1) is 6.92 Å². The van der Waals surface area contributed by atoms with Crippen molar-refractivity contribution in [3.63, 3.8) is 0 Å². The van der Waals surface area contributed by atoms with Crippen LogP contribution in [0.15, 0.2) is 35.8 Å². The van der Waals surface area contributed by atoms with Gasteiger partial charge in [-0.25, -0.2) is 9.97 Å². The topological polar surface area (TPSA) is 93.2 Å². The Kier molecular flexibility index (Phi) is 5.05. The van der Waals surface area contributed by atoms with Crippen molar-refractivity contribution in [2.75, 3.05) is 17.7 Å². The van der Waals surface area contributed by atoms with Gasteiger partial charge in [-0.1, -0.05) is 0 Å². The minimum Gasteiger partial charge on any atom is -0.497 e. The van der Waals surface area contributed by atoms with Gasteiger partial charge in [0.2, 0.25) is 0 Å². The molecule has 2 N–H and O–H groups in total. The van der Waals surface area contributed by atoms with Crippen LogP contribution in [0.25, 0.3) is 0 Å². The van der Waals surface area contributed by atoms with E-state index >= 15 is 0 Å². The number of ether oxygens (including phenoxy) is 1. The molecule has 25 heavy (non-hydrogen) atoms. The SMILES string of the molecule is COc1ccc(C(=O)Nc2nc(C(=O)Nc3ncc(C)s3)cs2)cc1. The summed E-state index contributed by atoms with van der Waals surface area (Å²) in [5.74, 6) is -0.00256. The van der Waals surface area contributed by atoms with Crippen LogP contribution in [-0.4, -0.2) is 28.9 Å². The van der Waals surface area contributed by atoms with Crippen molar-refractivity contribution < 1.29 is 14.3 Å². The molecule has 3 aromatic rings. The Balaban J connectivity index is 1.64. The zero-order chi connectivity index (χ0) is 17.8. The molecule has 0 aliphatic carbocycles. The van der Waals surface area contributed by atoms with Crippen LogP contribution in [0.1, 0.15) is 25.7 Å². The molecule has 1 aromatic carbocycles. The van der Waals surface area contributed by atoms with E-state index in [4.69, 9.17) is 4.74 Å². The van der Waals surface area contributed by atoms with Gasteiger partial charge in [-0.2, -0.15) is 0 Å². The number of aromatic nitrogens is 2. The Bertz CT molecular complexity index is 902. The third-order valence-electron chi connectivity index (χ3n) is 3.15. The number of hydrogen-bond donors (Lipinski definition) is 2. The summed E-state index contributed by atoms with van der Waals surface area (Å²) in [6, 6.07) is 6.71. The Morgan fingerprint density at radius 3 is 2.44 bits per heavy atom. The molecule has 0 fully saturated rings. The van der Waals surface area contributed by atoms with Crippen molar-refractivity contribution in [2.45, 2.75) is 6.92 Å². The van der Waals surface area contributed by atoms with Gasteiger partial charge >= 0.3 is 0 Å². The number of nitrogens with zero attached hydrogens (tertiary/aromatic N) is 2. The van der Waals surface area contributed by atoms with Crippen LogP contribution in [0.3, 0.4) is 0 Å². The van der Waals surface area contributed by atoms with E-state index in [2.05, 4.69) is 20.6 Å². The number of carbonyl (C=O) groups excluding carboxylic acids is 2. The van der Waals surface area contributed by atoms with E-state index in [0.29, 0.717) is 21.6 Å². The summed E-state index contributed by atoms with van der Waals surface area (Å²) in [5.41, 5.74) is 0.697. The molecule has 7 nitrogen and oxygen atoms in total. The molecule has 0 bridgehead atoms. The number of thiazole rings is 2. The molecule has 0 saturated carbocycles. The molecule has 3 rings (SSSR count). The number of anilines is 2. The molecular weight excluding hydrogens is 360 g/mol. The molecule has 0 saturated heterocycles. The smallest absolute Gasteiger partial charge is 0.276 e. The van der Waals surface area contributed by atoms with Crippen LogP contribution >= 0.6 is 22.7 Å². The molecule has 0 spiro atoms. The first-order valence-corrected chi connectivity index (χ1v) is 8.89. The van der Waals surface area contributed by atoms with Crippen molar-refractivity contribution in [1.82, 2.24) is 9.97 Å². The lowest BCUT2D eigenvalue weighted by Crippen LogP contribution is -2.14. The Labute approximate surface area is 151 Å². The van der Waals surface area contributed by atoms with Crippen molar-refractivity contribution in [2.24, 2.45) is 0 Å². The summed E-state index contributed by atoms with van der Waals surface area (Å²) in [7, 11) is 1.56. The summed E-state index contributed by atoms with van der Waals surface area (Å²) in [6.45, 7) is 1.91. The lowest BCUT2D eigenvalue weighted by atomic mass is 10.2. The largest absolute Gasteiger partial charge is 0.497 e. The average Bonchev–Trinajstić information content (AvgIpc) is 3.24. The number of benzene rings is 1. The van der Waals surface area contributed by atoms with Gasteiger partial charge in [0.05, 0.1) is 7.11 Å². The highest BCUT2D eigenvalue weighted by atomic mass is 32.1. The number of methoxy groups -OCH3 is 1. The summed E-state index contributed by atoms with van der Waals surface area (Å²) in [6.07, 6.45) is 1.68. The number of amides is 2. The molecule has 0 unspecified atom stereocenters. The quantitative estimate of drug-likeness (QED) is 0.714. The second-order valence-electron chi connectivity index (χ2n) is 4.95. The van der Waals surface area contributed by atoms with Crippen LogP contribution in [0.4, 0.5) is 10.3 Å². The van der Waals surface area contributed by atoms with Gasteiger partial charge < -0.3 is 4.74 Å². The van der Waals surface area contributed by atoms with Crippen LogP contribution in [-0.2, 0) is 0 Å². The molecule has 2 heterocycles. The number of carbonyl (C=O) groups is 2. The Morgan fingerprint density at radius 2 is 1.80 bits per heavy atom. The van der Waals surface area contributed by atoms with E-state index in [9.17, 15) is 9.59 Å². The second kappa shape index (κ2) is 7.41. The molecule has 0 atom stereocenters. The fourth-order valence-corrected chi connectivity index (χ4v) is 3.27. The van der Waals surface area contributed by atoms with E-state index in [0.717, 1.165) is 4.88 Å². The predicted octanol–water partition coefficient (Wildman–Crippen LogP) is 3.42. The van der Waals surface area contributed by atoms with Gasteiger partial charge in [0.25, 0.3) is 11.8 Å². The molecule has 2 amide bonds. The van der Waals surface area contributed by atoms with Crippen molar-refractivity contribution in [3.8, 4) is 5.75 Å². The molecule has 9 heteroatoms. The van der Waals surface area contributed by atoms with Crippen molar-refractivity contribution in [1.29, 1.82) is 0 Å². The fraction of sp³-hybridized carbons (Fsp3) is 0.125. The van der Waals surface area contributed by atoms with Gasteiger partial charge in [0.15, 0.2) is 10.3 Å². The summed E-state index contributed by atoms with van der Waals surface area (Å²) in [5, 5.41) is 7.79. The highest BCUT2D eigenvalue weighted by Crippen LogP contribution is 2.20. The van der Waals surface area contributed by atoms with E-state index in [1.54, 1.807) is 43.0 Å². The molecule has 2 aromatic heterocycles. The zero-order valence-corrected chi connectivity index (χ0v) is 15.0. The van der Waals surface area contributed by atoms with Crippen LogP contribution < -0.4 is 15.4 Å². The Morgan fingerprint density at radius 1 is 1.08 bits per heavy atom. The lowest BCUT2D eigenvalue weighted by Gasteiger charge is -2.03. The number of hydrogen-bond acceptors (Lipinski definition) is 7. The fourth-order valence-electron chi connectivity index (χ4n) is 1.92. The third kappa shape index (κ3) is 4.20. The van der Waals surface area contributed by atoms with Gasteiger partial charge in [-0.15, -0.1) is 22.7 Å². The first-order chi connectivity index (χ1) is 12.0. The summed E-state index contributed by atoms with van der Waals surface area (Å²) in [4.78, 5) is 33.5. The molecule has 0 radical (unpaired) electrons. The Hall–Kier alpha value is -2.78. The van der Waals surface area contributed by atoms with Gasteiger partial charge in [-0.05, 0) is 31.2 Å². The molecule has 128 valence electrons. The first kappa shape index (κ1) is 17.1.